The number of hydrogen-bond acceptors (Lipinski definition) is 2. The van der Waals surface area contributed by atoms with Gasteiger partial charge in [-0.3, -0.25) is 0 Å². The van der Waals surface area contributed by atoms with Crippen molar-refractivity contribution in [3.63, 3.8) is 0 Å². The molecule has 0 aromatic carbocycles. The van der Waals surface area contributed by atoms with Gasteiger partial charge in [0.25, 0.3) is 0 Å². The minimum Gasteiger partial charge on any atom is -0.330 e. The van der Waals surface area contributed by atoms with Gasteiger partial charge in [0, 0.05) is 0 Å². The fourth-order valence-corrected chi connectivity index (χ4v) is 2.04. The van der Waals surface area contributed by atoms with Crippen LogP contribution in [-0.2, 0) is 0 Å². The third-order valence-corrected chi connectivity index (χ3v) is 3.36. The van der Waals surface area contributed by atoms with E-state index in [0.717, 1.165) is 6.54 Å². The summed E-state index contributed by atoms with van der Waals surface area (Å²) in [7, 11) is 0. The van der Waals surface area contributed by atoms with E-state index in [0.29, 0.717) is 5.41 Å². The number of nitrogens with two attached hydrogens (primary N) is 1. The second-order valence-corrected chi connectivity index (χ2v) is 6.68. The van der Waals surface area contributed by atoms with Crippen molar-refractivity contribution in [2.75, 3.05) is 19.6 Å². The van der Waals surface area contributed by atoms with Crippen molar-refractivity contribution < 1.29 is 0 Å². The molecule has 2 nitrogen and oxygen atoms in total. The molecular formula is C16H36N2. The smallest absolute Gasteiger partial charge is 0.00439 e. The zero-order valence-corrected chi connectivity index (χ0v) is 13.1. The summed E-state index contributed by atoms with van der Waals surface area (Å²) in [6.45, 7) is 10.1. The second kappa shape index (κ2) is 12.0. The summed E-state index contributed by atoms with van der Waals surface area (Å²) < 4.78 is 0. The molecule has 0 aromatic heterocycles. The standard InChI is InChI=1S/C16H36N2/c1-16(2,3)12-15-18-14-11-9-7-5-4-6-8-10-13-17/h18H,4-15,17H2,1-3H3. The summed E-state index contributed by atoms with van der Waals surface area (Å²) in [6, 6.07) is 0. The topological polar surface area (TPSA) is 38.0 Å². The average molecular weight is 256 g/mol. The quantitative estimate of drug-likeness (QED) is 0.516. The summed E-state index contributed by atoms with van der Waals surface area (Å²) in [5, 5.41) is 3.55. The van der Waals surface area contributed by atoms with Crippen LogP contribution in [0.4, 0.5) is 0 Å². The van der Waals surface area contributed by atoms with Crippen LogP contribution in [0, 0.1) is 5.41 Å². The Morgan fingerprint density at radius 2 is 1.22 bits per heavy atom. The van der Waals surface area contributed by atoms with Crippen LogP contribution < -0.4 is 11.1 Å². The van der Waals surface area contributed by atoms with Crippen LogP contribution in [-0.4, -0.2) is 19.6 Å². The van der Waals surface area contributed by atoms with Crippen LogP contribution >= 0.6 is 0 Å². The highest BCUT2D eigenvalue weighted by Gasteiger charge is 2.08. The van der Waals surface area contributed by atoms with E-state index in [-0.39, 0.29) is 0 Å². The van der Waals surface area contributed by atoms with Crippen molar-refractivity contribution in [1.82, 2.24) is 5.32 Å². The van der Waals surface area contributed by atoms with Crippen molar-refractivity contribution in [1.29, 1.82) is 0 Å². The maximum absolute atomic E-state index is 5.47. The maximum atomic E-state index is 5.47. The Morgan fingerprint density at radius 1 is 0.722 bits per heavy atom. The molecule has 0 spiro atoms. The monoisotopic (exact) mass is 256 g/mol. The van der Waals surface area contributed by atoms with E-state index in [4.69, 9.17) is 5.73 Å². The number of hydrogen-bond donors (Lipinski definition) is 2. The van der Waals surface area contributed by atoms with E-state index < -0.39 is 0 Å². The first-order valence-electron chi connectivity index (χ1n) is 7.97. The molecule has 0 atom stereocenters. The Bertz CT molecular complexity index is 161. The average Bonchev–Trinajstić information content (AvgIpc) is 2.29. The van der Waals surface area contributed by atoms with Gasteiger partial charge in [0.2, 0.25) is 0 Å². The summed E-state index contributed by atoms with van der Waals surface area (Å²) in [5.74, 6) is 0. The van der Waals surface area contributed by atoms with Gasteiger partial charge in [-0.1, -0.05) is 59.3 Å². The minimum atomic E-state index is 0.469. The zero-order valence-electron chi connectivity index (χ0n) is 13.1. The van der Waals surface area contributed by atoms with Gasteiger partial charge >= 0.3 is 0 Å². The van der Waals surface area contributed by atoms with Crippen molar-refractivity contribution in [3.8, 4) is 0 Å². The van der Waals surface area contributed by atoms with Crippen LogP contribution in [0.2, 0.25) is 0 Å². The molecule has 0 saturated heterocycles. The van der Waals surface area contributed by atoms with Crippen molar-refractivity contribution >= 4 is 0 Å². The predicted octanol–water partition coefficient (Wildman–Crippen LogP) is 4.09. The SMILES string of the molecule is CC(C)(C)CCNCCCCCCCCCCN. The first-order valence-corrected chi connectivity index (χ1v) is 7.97. The summed E-state index contributed by atoms with van der Waals surface area (Å²) >= 11 is 0. The second-order valence-electron chi connectivity index (χ2n) is 6.68. The van der Waals surface area contributed by atoms with E-state index in [1.807, 2.05) is 0 Å². The lowest BCUT2D eigenvalue weighted by atomic mass is 9.92. The Labute approximate surface area is 115 Å². The normalized spacial score (nSPS) is 12.0. The van der Waals surface area contributed by atoms with Gasteiger partial charge in [0.05, 0.1) is 0 Å². The number of unbranched alkanes of at least 4 members (excludes halogenated alkanes) is 7. The van der Waals surface area contributed by atoms with Crippen molar-refractivity contribution in [3.05, 3.63) is 0 Å². The molecule has 0 heterocycles. The fourth-order valence-electron chi connectivity index (χ4n) is 2.04. The molecule has 18 heavy (non-hydrogen) atoms. The summed E-state index contributed by atoms with van der Waals surface area (Å²) in [6.07, 6.45) is 12.1. The number of rotatable bonds is 12. The predicted molar refractivity (Wildman–Crippen MR) is 82.9 cm³/mol. The lowest BCUT2D eigenvalue weighted by Gasteiger charge is -2.17. The van der Waals surface area contributed by atoms with Gasteiger partial charge in [-0.25, -0.2) is 0 Å². The molecule has 0 aliphatic heterocycles. The molecule has 0 fully saturated rings. The van der Waals surface area contributed by atoms with E-state index in [2.05, 4.69) is 26.1 Å². The highest BCUT2D eigenvalue weighted by atomic mass is 14.8. The molecule has 0 aromatic rings. The Balaban J connectivity index is 2.99. The third kappa shape index (κ3) is 15.9. The largest absolute Gasteiger partial charge is 0.330 e. The highest BCUT2D eigenvalue weighted by molar-refractivity contribution is 4.63. The molecule has 110 valence electrons. The molecule has 0 amide bonds. The van der Waals surface area contributed by atoms with Gasteiger partial charge < -0.3 is 11.1 Å². The minimum absolute atomic E-state index is 0.469. The molecule has 0 saturated carbocycles. The first kappa shape index (κ1) is 17.9. The Hall–Kier alpha value is -0.0800. The van der Waals surface area contributed by atoms with Gasteiger partial charge in [0.15, 0.2) is 0 Å². The lowest BCUT2D eigenvalue weighted by Crippen LogP contribution is -2.21. The molecule has 0 aliphatic carbocycles. The molecular weight excluding hydrogens is 220 g/mol. The molecule has 0 radical (unpaired) electrons. The van der Waals surface area contributed by atoms with E-state index in [1.165, 1.54) is 70.9 Å². The maximum Gasteiger partial charge on any atom is -0.00439 e. The molecule has 0 bridgehead atoms. The Kier molecular flexibility index (Phi) is 11.9. The number of nitrogens with one attached hydrogen (secondary N) is 1. The van der Waals surface area contributed by atoms with Crippen LogP contribution in [0.5, 0.6) is 0 Å². The molecule has 0 unspecified atom stereocenters. The van der Waals surface area contributed by atoms with Crippen molar-refractivity contribution in [2.45, 2.75) is 78.6 Å². The van der Waals surface area contributed by atoms with Crippen LogP contribution in [0.1, 0.15) is 78.6 Å². The van der Waals surface area contributed by atoms with Crippen LogP contribution in [0.25, 0.3) is 0 Å². The van der Waals surface area contributed by atoms with Crippen LogP contribution in [0.3, 0.4) is 0 Å². The van der Waals surface area contributed by atoms with Gasteiger partial charge in [-0.05, 0) is 44.3 Å². The third-order valence-electron chi connectivity index (χ3n) is 3.36. The summed E-state index contributed by atoms with van der Waals surface area (Å²) in [5.41, 5.74) is 5.94. The van der Waals surface area contributed by atoms with E-state index in [1.54, 1.807) is 0 Å². The van der Waals surface area contributed by atoms with Crippen LogP contribution in [0.15, 0.2) is 0 Å². The van der Waals surface area contributed by atoms with Gasteiger partial charge in [-0.15, -0.1) is 0 Å². The lowest BCUT2D eigenvalue weighted by molar-refractivity contribution is 0.366. The zero-order chi connectivity index (χ0) is 13.7. The molecule has 0 aliphatic rings. The fraction of sp³-hybridized carbons (Fsp3) is 1.00. The van der Waals surface area contributed by atoms with Gasteiger partial charge in [-0.2, -0.15) is 0 Å². The molecule has 2 heteroatoms. The Morgan fingerprint density at radius 3 is 1.72 bits per heavy atom. The van der Waals surface area contributed by atoms with E-state index >= 15 is 0 Å². The van der Waals surface area contributed by atoms with Crippen molar-refractivity contribution in [2.24, 2.45) is 11.1 Å². The van der Waals surface area contributed by atoms with Gasteiger partial charge in [0.1, 0.15) is 0 Å². The molecule has 0 rings (SSSR count). The summed E-state index contributed by atoms with van der Waals surface area (Å²) in [4.78, 5) is 0. The first-order chi connectivity index (χ1) is 8.56. The van der Waals surface area contributed by atoms with E-state index in [9.17, 15) is 0 Å². The molecule has 3 N–H and O–H groups in total. The highest BCUT2D eigenvalue weighted by Crippen LogP contribution is 2.16.